The fourth-order valence-corrected chi connectivity index (χ4v) is 3.21. The van der Waals surface area contributed by atoms with E-state index in [2.05, 4.69) is 29.2 Å². The van der Waals surface area contributed by atoms with Crippen molar-refractivity contribution in [3.63, 3.8) is 0 Å². The van der Waals surface area contributed by atoms with Gasteiger partial charge in [0, 0.05) is 25.7 Å². The molecule has 1 unspecified atom stereocenters. The molecule has 0 bridgehead atoms. The fourth-order valence-electron chi connectivity index (χ4n) is 3.21. The summed E-state index contributed by atoms with van der Waals surface area (Å²) in [6.07, 6.45) is 0. The lowest BCUT2D eigenvalue weighted by atomic mass is 10.0. The minimum absolute atomic E-state index is 0.0194. The van der Waals surface area contributed by atoms with Gasteiger partial charge in [0.1, 0.15) is 17.9 Å². The Morgan fingerprint density at radius 3 is 2.52 bits per heavy atom. The first-order valence-electron chi connectivity index (χ1n) is 8.58. The van der Waals surface area contributed by atoms with E-state index in [1.807, 2.05) is 0 Å². The number of nitrogens with zero attached hydrogens (tertiary/aromatic N) is 4. The maximum atomic E-state index is 12.3. The number of morpholine rings is 1. The molecule has 1 N–H and O–H groups in total. The van der Waals surface area contributed by atoms with Gasteiger partial charge in [-0.05, 0) is 19.8 Å². The van der Waals surface area contributed by atoms with Crippen LogP contribution in [-0.2, 0) is 16.1 Å². The Morgan fingerprint density at radius 1 is 1.36 bits per heavy atom. The van der Waals surface area contributed by atoms with Crippen LogP contribution in [0.1, 0.15) is 25.2 Å². The normalized spacial score (nSPS) is 16.8. The highest BCUT2D eigenvalue weighted by Gasteiger charge is 2.25. The lowest BCUT2D eigenvalue weighted by Crippen LogP contribution is -2.51. The van der Waals surface area contributed by atoms with Gasteiger partial charge >= 0.3 is 5.69 Å². The third-order valence-electron chi connectivity index (χ3n) is 4.61. The molecule has 1 aliphatic rings. The molecule has 0 radical (unpaired) electrons. The highest BCUT2D eigenvalue weighted by Crippen LogP contribution is 2.21. The van der Waals surface area contributed by atoms with Crippen LogP contribution in [0.25, 0.3) is 0 Å². The van der Waals surface area contributed by atoms with E-state index in [-0.39, 0.29) is 24.2 Å². The van der Waals surface area contributed by atoms with Crippen LogP contribution in [-0.4, -0.2) is 64.4 Å². The number of nitro groups is 1. The van der Waals surface area contributed by atoms with Crippen molar-refractivity contribution in [2.45, 2.75) is 40.3 Å². The Kier molecular flexibility index (Phi) is 6.49. The van der Waals surface area contributed by atoms with Gasteiger partial charge in [0.2, 0.25) is 5.91 Å². The van der Waals surface area contributed by atoms with Crippen LogP contribution in [0.15, 0.2) is 0 Å². The van der Waals surface area contributed by atoms with Gasteiger partial charge in [0.05, 0.1) is 18.1 Å². The maximum absolute atomic E-state index is 12.3. The SMILES string of the molecule is Cc1nn(CC(=O)NCC(C(C)C)N2CCOCC2)c(C)c1[N+](=O)[O-]. The van der Waals surface area contributed by atoms with Crippen LogP contribution in [0.3, 0.4) is 0 Å². The molecule has 9 heteroatoms. The van der Waals surface area contributed by atoms with Crippen LogP contribution < -0.4 is 5.32 Å². The second-order valence-corrected chi connectivity index (χ2v) is 6.70. The predicted molar refractivity (Wildman–Crippen MR) is 92.4 cm³/mol. The van der Waals surface area contributed by atoms with Gasteiger partial charge in [0.25, 0.3) is 0 Å². The number of carbonyl (C=O) groups is 1. The van der Waals surface area contributed by atoms with E-state index >= 15 is 0 Å². The second-order valence-electron chi connectivity index (χ2n) is 6.70. The number of ether oxygens (including phenoxy) is 1. The monoisotopic (exact) mass is 353 g/mol. The summed E-state index contributed by atoms with van der Waals surface area (Å²) in [6.45, 7) is 11.1. The molecule has 1 aromatic heterocycles. The summed E-state index contributed by atoms with van der Waals surface area (Å²) >= 11 is 0. The van der Waals surface area contributed by atoms with Crippen molar-refractivity contribution in [2.24, 2.45) is 5.92 Å². The van der Waals surface area contributed by atoms with E-state index in [1.165, 1.54) is 4.68 Å². The van der Waals surface area contributed by atoms with Crippen LogP contribution in [0.2, 0.25) is 0 Å². The molecule has 9 nitrogen and oxygen atoms in total. The number of rotatable bonds is 7. The third kappa shape index (κ3) is 4.76. The van der Waals surface area contributed by atoms with Crippen molar-refractivity contribution in [1.29, 1.82) is 0 Å². The van der Waals surface area contributed by atoms with Gasteiger partial charge in [-0.1, -0.05) is 13.8 Å². The molecule has 0 saturated carbocycles. The fraction of sp³-hybridized carbons (Fsp3) is 0.750. The molecule has 1 fully saturated rings. The van der Waals surface area contributed by atoms with Gasteiger partial charge in [0.15, 0.2) is 0 Å². The number of aryl methyl sites for hydroxylation is 1. The van der Waals surface area contributed by atoms with Crippen LogP contribution >= 0.6 is 0 Å². The van der Waals surface area contributed by atoms with Crippen LogP contribution in [0.4, 0.5) is 5.69 Å². The van der Waals surface area contributed by atoms with Gasteiger partial charge < -0.3 is 10.1 Å². The Morgan fingerprint density at radius 2 is 2.00 bits per heavy atom. The minimum atomic E-state index is -0.459. The van der Waals surface area contributed by atoms with Crippen molar-refractivity contribution in [2.75, 3.05) is 32.8 Å². The molecule has 25 heavy (non-hydrogen) atoms. The van der Waals surface area contributed by atoms with Gasteiger partial charge in [-0.25, -0.2) is 0 Å². The van der Waals surface area contributed by atoms with Crippen molar-refractivity contribution in [3.8, 4) is 0 Å². The molecule has 0 aliphatic carbocycles. The maximum Gasteiger partial charge on any atom is 0.312 e. The molecule has 0 spiro atoms. The summed E-state index contributed by atoms with van der Waals surface area (Å²) in [5.41, 5.74) is 0.691. The second kappa shape index (κ2) is 8.39. The number of nitrogens with one attached hydrogen (secondary N) is 1. The quantitative estimate of drug-likeness (QED) is 0.577. The average molecular weight is 353 g/mol. The summed E-state index contributed by atoms with van der Waals surface area (Å²) in [5.74, 6) is 0.201. The van der Waals surface area contributed by atoms with E-state index in [0.717, 1.165) is 13.1 Å². The van der Waals surface area contributed by atoms with Gasteiger partial charge in [-0.3, -0.25) is 24.5 Å². The van der Waals surface area contributed by atoms with Crippen molar-refractivity contribution in [3.05, 3.63) is 21.5 Å². The standard InChI is InChI=1S/C16H27N5O4/c1-11(2)14(19-5-7-25-8-6-19)9-17-15(22)10-20-13(4)16(21(23)24)12(3)18-20/h11,14H,5-10H2,1-4H3,(H,17,22). The third-order valence-corrected chi connectivity index (χ3v) is 4.61. The lowest BCUT2D eigenvalue weighted by Gasteiger charge is -2.36. The predicted octanol–water partition coefficient (Wildman–Crippen LogP) is 0.881. The zero-order valence-electron chi connectivity index (χ0n) is 15.3. The first-order valence-corrected chi connectivity index (χ1v) is 8.58. The molecular weight excluding hydrogens is 326 g/mol. The first kappa shape index (κ1) is 19.3. The molecule has 140 valence electrons. The summed E-state index contributed by atoms with van der Waals surface area (Å²) in [7, 11) is 0. The molecule has 2 rings (SSSR count). The van der Waals surface area contributed by atoms with Crippen LogP contribution in [0.5, 0.6) is 0 Å². The summed E-state index contributed by atoms with van der Waals surface area (Å²) in [6, 6.07) is 0.239. The number of aromatic nitrogens is 2. The molecule has 0 aromatic carbocycles. The van der Waals surface area contributed by atoms with E-state index in [1.54, 1.807) is 13.8 Å². The first-order chi connectivity index (χ1) is 11.8. The van der Waals surface area contributed by atoms with Gasteiger partial charge in [-0.2, -0.15) is 5.10 Å². The molecule has 1 amide bonds. The number of amides is 1. The van der Waals surface area contributed by atoms with E-state index < -0.39 is 4.92 Å². The Bertz CT molecular complexity index is 622. The van der Waals surface area contributed by atoms with Crippen molar-refractivity contribution >= 4 is 11.6 Å². The molecule has 1 atom stereocenters. The molecule has 1 saturated heterocycles. The summed E-state index contributed by atoms with van der Waals surface area (Å²) in [4.78, 5) is 25.2. The largest absolute Gasteiger partial charge is 0.379 e. The summed E-state index contributed by atoms with van der Waals surface area (Å²) < 4.78 is 6.78. The highest BCUT2D eigenvalue weighted by molar-refractivity contribution is 5.75. The van der Waals surface area contributed by atoms with Crippen LogP contribution in [0, 0.1) is 29.9 Å². The van der Waals surface area contributed by atoms with E-state index in [4.69, 9.17) is 4.74 Å². The molecular formula is C16H27N5O4. The molecule has 2 heterocycles. The zero-order chi connectivity index (χ0) is 18.6. The van der Waals surface area contributed by atoms with E-state index in [9.17, 15) is 14.9 Å². The molecule has 1 aliphatic heterocycles. The minimum Gasteiger partial charge on any atom is -0.379 e. The Labute approximate surface area is 147 Å². The molecule has 1 aromatic rings. The highest BCUT2D eigenvalue weighted by atomic mass is 16.6. The Hall–Kier alpha value is -2.00. The summed E-state index contributed by atoms with van der Waals surface area (Å²) in [5, 5.41) is 18.1. The smallest absolute Gasteiger partial charge is 0.312 e. The number of carbonyl (C=O) groups excluding carboxylic acids is 1. The topological polar surface area (TPSA) is 103 Å². The number of hydrogen-bond donors (Lipinski definition) is 1. The lowest BCUT2D eigenvalue weighted by molar-refractivity contribution is -0.386. The Balaban J connectivity index is 1.95. The zero-order valence-corrected chi connectivity index (χ0v) is 15.3. The van der Waals surface area contributed by atoms with Crippen molar-refractivity contribution < 1.29 is 14.5 Å². The average Bonchev–Trinajstić information content (AvgIpc) is 2.82. The van der Waals surface area contributed by atoms with E-state index in [0.29, 0.717) is 37.1 Å². The van der Waals surface area contributed by atoms with Crippen molar-refractivity contribution in [1.82, 2.24) is 20.0 Å². The number of hydrogen-bond acceptors (Lipinski definition) is 6. The van der Waals surface area contributed by atoms with Gasteiger partial charge in [-0.15, -0.1) is 0 Å².